The fourth-order valence-corrected chi connectivity index (χ4v) is 4.07. The maximum absolute atomic E-state index is 5.40. The summed E-state index contributed by atoms with van der Waals surface area (Å²) >= 11 is 0. The maximum Gasteiger partial charge on any atom is 0.225 e. The van der Waals surface area contributed by atoms with Crippen LogP contribution in [-0.2, 0) is 6.54 Å². The molecule has 1 atom stereocenters. The van der Waals surface area contributed by atoms with E-state index in [1.807, 2.05) is 65.2 Å². The van der Waals surface area contributed by atoms with Gasteiger partial charge in [-0.1, -0.05) is 36.4 Å². The zero-order valence-corrected chi connectivity index (χ0v) is 20.5. The van der Waals surface area contributed by atoms with Crippen molar-refractivity contribution in [3.8, 4) is 17.3 Å². The fourth-order valence-electron chi connectivity index (χ4n) is 4.07. The molecule has 0 saturated heterocycles. The largest absolute Gasteiger partial charge is 0.493 e. The second-order valence-corrected chi connectivity index (χ2v) is 8.38. The summed E-state index contributed by atoms with van der Waals surface area (Å²) in [5, 5.41) is 6.84. The second kappa shape index (κ2) is 10.4. The molecule has 2 N–H and O–H groups in total. The molecule has 182 valence electrons. The monoisotopic (exact) mass is 480 g/mol. The number of benzene rings is 3. The number of fused-ring (bicyclic) bond motifs is 1. The number of hydrogen-bond donors (Lipinski definition) is 2. The van der Waals surface area contributed by atoms with E-state index < -0.39 is 0 Å². The van der Waals surface area contributed by atoms with Crippen LogP contribution in [-0.4, -0.2) is 33.7 Å². The lowest BCUT2D eigenvalue weighted by atomic mass is 10.1. The Morgan fingerprint density at radius 1 is 0.889 bits per heavy atom. The van der Waals surface area contributed by atoms with Crippen molar-refractivity contribution in [3.05, 3.63) is 96.4 Å². The number of nitrogens with one attached hydrogen (secondary N) is 2. The van der Waals surface area contributed by atoms with Gasteiger partial charge >= 0.3 is 0 Å². The van der Waals surface area contributed by atoms with Crippen LogP contribution in [0.15, 0.2) is 85.3 Å². The number of methoxy groups -OCH3 is 2. The van der Waals surface area contributed by atoms with Crippen LogP contribution in [0.25, 0.3) is 16.9 Å². The van der Waals surface area contributed by atoms with Crippen LogP contribution in [0, 0.1) is 0 Å². The molecule has 0 radical (unpaired) electrons. The highest BCUT2D eigenvalue weighted by Gasteiger charge is 2.11. The predicted octanol–water partition coefficient (Wildman–Crippen LogP) is 5.62. The van der Waals surface area contributed by atoms with E-state index >= 15 is 0 Å². The minimum atomic E-state index is 0.0836. The number of nitrogens with zero attached hydrogens (tertiary/aromatic N) is 4. The Labute approximate surface area is 210 Å². The Morgan fingerprint density at radius 3 is 2.53 bits per heavy atom. The molecule has 8 heteroatoms. The van der Waals surface area contributed by atoms with Gasteiger partial charge in [0.05, 0.1) is 31.3 Å². The lowest BCUT2D eigenvalue weighted by molar-refractivity contribution is 0.354. The normalized spacial score (nSPS) is 11.8. The van der Waals surface area contributed by atoms with Gasteiger partial charge in [0, 0.05) is 18.4 Å². The van der Waals surface area contributed by atoms with Crippen LogP contribution >= 0.6 is 0 Å². The van der Waals surface area contributed by atoms with Gasteiger partial charge in [-0.05, 0) is 54.4 Å². The van der Waals surface area contributed by atoms with Gasteiger partial charge in [0.2, 0.25) is 5.95 Å². The summed E-state index contributed by atoms with van der Waals surface area (Å²) in [5.74, 6) is 2.74. The van der Waals surface area contributed by atoms with Gasteiger partial charge < -0.3 is 20.1 Å². The third-order valence-corrected chi connectivity index (χ3v) is 6.02. The lowest BCUT2D eigenvalue weighted by Crippen LogP contribution is -2.10. The second-order valence-electron chi connectivity index (χ2n) is 8.38. The first-order valence-electron chi connectivity index (χ1n) is 11.7. The first-order valence-corrected chi connectivity index (χ1v) is 11.7. The fraction of sp³-hybridized carbons (Fsp3) is 0.179. The molecule has 0 spiro atoms. The first kappa shape index (κ1) is 23.2. The zero-order valence-electron chi connectivity index (χ0n) is 20.5. The van der Waals surface area contributed by atoms with Crippen LogP contribution in [0.1, 0.15) is 24.1 Å². The standard InChI is InChI=1S/C28H28N6O2/c1-19(21-7-5-4-6-8-21)32-28-29-14-13-27(33-28)34-18-31-23-16-22(10-11-24(23)34)30-17-20-9-12-25(35-2)26(15-20)36-3/h4-16,18-19,30H,17H2,1-3H3,(H,29,32,33). The van der Waals surface area contributed by atoms with Crippen molar-refractivity contribution in [2.75, 3.05) is 24.9 Å². The molecular weight excluding hydrogens is 452 g/mol. The summed E-state index contributed by atoms with van der Waals surface area (Å²) in [6.45, 7) is 2.74. The molecule has 0 fully saturated rings. The Balaban J connectivity index is 1.32. The lowest BCUT2D eigenvalue weighted by Gasteiger charge is -2.14. The van der Waals surface area contributed by atoms with Gasteiger partial charge in [-0.3, -0.25) is 4.57 Å². The number of hydrogen-bond acceptors (Lipinski definition) is 7. The van der Waals surface area contributed by atoms with Gasteiger partial charge in [-0.2, -0.15) is 4.98 Å². The van der Waals surface area contributed by atoms with Gasteiger partial charge in [-0.25, -0.2) is 9.97 Å². The number of imidazole rings is 1. The molecule has 8 nitrogen and oxygen atoms in total. The van der Waals surface area contributed by atoms with Crippen molar-refractivity contribution in [2.24, 2.45) is 0 Å². The van der Waals surface area contributed by atoms with Crippen LogP contribution in [0.3, 0.4) is 0 Å². The molecule has 0 aliphatic rings. The average molecular weight is 481 g/mol. The SMILES string of the molecule is COc1ccc(CNc2ccc3c(c2)ncn3-c2ccnc(NC(C)c3ccccc3)n2)cc1OC. The Kier molecular flexibility index (Phi) is 6.66. The molecular formula is C28H28N6O2. The summed E-state index contributed by atoms with van der Waals surface area (Å²) in [6, 6.07) is 24.2. The summed E-state index contributed by atoms with van der Waals surface area (Å²) in [7, 11) is 3.27. The van der Waals surface area contributed by atoms with Crippen molar-refractivity contribution in [3.63, 3.8) is 0 Å². The van der Waals surface area contributed by atoms with Crippen LogP contribution in [0.5, 0.6) is 11.5 Å². The molecule has 0 amide bonds. The summed E-state index contributed by atoms with van der Waals surface area (Å²) in [4.78, 5) is 13.7. The van der Waals surface area contributed by atoms with Gasteiger partial charge in [0.25, 0.3) is 0 Å². The van der Waals surface area contributed by atoms with Crippen LogP contribution in [0.2, 0.25) is 0 Å². The quantitative estimate of drug-likeness (QED) is 0.283. The molecule has 2 aromatic heterocycles. The van der Waals surface area contributed by atoms with Crippen molar-refractivity contribution in [1.29, 1.82) is 0 Å². The summed E-state index contributed by atoms with van der Waals surface area (Å²) < 4.78 is 12.7. The molecule has 5 rings (SSSR count). The molecule has 5 aromatic rings. The van der Waals surface area contributed by atoms with E-state index in [2.05, 4.69) is 39.7 Å². The van der Waals surface area contributed by atoms with Gasteiger partial charge in [0.1, 0.15) is 12.1 Å². The predicted molar refractivity (Wildman–Crippen MR) is 142 cm³/mol. The topological polar surface area (TPSA) is 86.1 Å². The number of rotatable bonds is 9. The minimum absolute atomic E-state index is 0.0836. The van der Waals surface area contributed by atoms with E-state index in [0.717, 1.165) is 28.1 Å². The molecule has 0 aliphatic carbocycles. The highest BCUT2D eigenvalue weighted by molar-refractivity contribution is 5.81. The van der Waals surface area contributed by atoms with E-state index in [1.165, 1.54) is 5.56 Å². The van der Waals surface area contributed by atoms with E-state index in [1.54, 1.807) is 26.7 Å². The van der Waals surface area contributed by atoms with E-state index in [-0.39, 0.29) is 6.04 Å². The summed E-state index contributed by atoms with van der Waals surface area (Å²) in [6.07, 6.45) is 3.54. The summed E-state index contributed by atoms with van der Waals surface area (Å²) in [5.41, 5.74) is 5.08. The van der Waals surface area contributed by atoms with E-state index in [0.29, 0.717) is 24.0 Å². The van der Waals surface area contributed by atoms with E-state index in [9.17, 15) is 0 Å². The molecule has 0 aliphatic heterocycles. The Morgan fingerprint density at radius 2 is 1.72 bits per heavy atom. The molecule has 1 unspecified atom stereocenters. The average Bonchev–Trinajstić information content (AvgIpc) is 3.35. The third kappa shape index (κ3) is 4.93. The zero-order chi connectivity index (χ0) is 24.9. The maximum atomic E-state index is 5.40. The molecule has 2 heterocycles. The molecule has 0 bridgehead atoms. The Hall–Kier alpha value is -4.59. The highest BCUT2D eigenvalue weighted by Crippen LogP contribution is 2.28. The van der Waals surface area contributed by atoms with Crippen molar-refractivity contribution >= 4 is 22.7 Å². The number of ether oxygens (including phenoxy) is 2. The smallest absolute Gasteiger partial charge is 0.225 e. The van der Waals surface area contributed by atoms with Crippen LogP contribution in [0.4, 0.5) is 11.6 Å². The molecule has 36 heavy (non-hydrogen) atoms. The molecule has 0 saturated carbocycles. The number of anilines is 2. The van der Waals surface area contributed by atoms with Crippen molar-refractivity contribution < 1.29 is 9.47 Å². The number of aromatic nitrogens is 4. The van der Waals surface area contributed by atoms with Gasteiger partial charge in [-0.15, -0.1) is 0 Å². The first-order chi connectivity index (χ1) is 17.6. The van der Waals surface area contributed by atoms with Crippen LogP contribution < -0.4 is 20.1 Å². The van der Waals surface area contributed by atoms with Crippen molar-refractivity contribution in [2.45, 2.75) is 19.5 Å². The molecule has 3 aromatic carbocycles. The van der Waals surface area contributed by atoms with Crippen molar-refractivity contribution in [1.82, 2.24) is 19.5 Å². The van der Waals surface area contributed by atoms with Gasteiger partial charge in [0.15, 0.2) is 11.5 Å². The Bertz CT molecular complexity index is 1470. The van der Waals surface area contributed by atoms with E-state index in [4.69, 9.17) is 14.5 Å². The minimum Gasteiger partial charge on any atom is -0.493 e. The highest BCUT2D eigenvalue weighted by atomic mass is 16.5. The third-order valence-electron chi connectivity index (χ3n) is 6.02.